The van der Waals surface area contributed by atoms with Crippen LogP contribution in [0, 0.1) is 5.92 Å². The molecule has 0 amide bonds. The molecule has 2 unspecified atom stereocenters. The Labute approximate surface area is 186 Å². The first-order valence-electron chi connectivity index (χ1n) is 12.3. The molecule has 0 saturated heterocycles. The number of aliphatic carboxylic acids is 1. The molecule has 0 aliphatic rings. The van der Waals surface area contributed by atoms with E-state index < -0.39 is 12.1 Å². The number of unbranched alkanes of at least 4 members (excludes halogenated alkanes) is 9. The van der Waals surface area contributed by atoms with E-state index in [1.165, 1.54) is 64.2 Å². The van der Waals surface area contributed by atoms with Crippen LogP contribution in [0.4, 0.5) is 0 Å². The van der Waals surface area contributed by atoms with Gasteiger partial charge < -0.3 is 19.1 Å². The second-order valence-corrected chi connectivity index (χ2v) is 10.1. The highest BCUT2D eigenvalue weighted by Gasteiger charge is 2.22. The molecule has 0 aliphatic carbocycles. The van der Waals surface area contributed by atoms with Gasteiger partial charge in [0.2, 0.25) is 0 Å². The molecule has 0 fully saturated rings. The van der Waals surface area contributed by atoms with E-state index in [4.69, 9.17) is 4.74 Å². The van der Waals surface area contributed by atoms with Gasteiger partial charge in [-0.2, -0.15) is 0 Å². The molecule has 0 heterocycles. The molecule has 0 spiro atoms. The van der Waals surface area contributed by atoms with Crippen LogP contribution in [0.3, 0.4) is 0 Å². The highest BCUT2D eigenvalue weighted by atomic mass is 16.5. The number of carboxylic acid groups (broad SMARTS) is 1. The van der Waals surface area contributed by atoms with Crippen LogP contribution >= 0.6 is 0 Å². The Morgan fingerprint density at radius 2 is 1.33 bits per heavy atom. The molecule has 5 heteroatoms. The van der Waals surface area contributed by atoms with Gasteiger partial charge in [-0.1, -0.05) is 90.9 Å². The van der Waals surface area contributed by atoms with E-state index in [0.717, 1.165) is 25.2 Å². The van der Waals surface area contributed by atoms with Gasteiger partial charge in [-0.25, -0.2) is 0 Å². The summed E-state index contributed by atoms with van der Waals surface area (Å²) in [7, 11) is 5.85. The van der Waals surface area contributed by atoms with Crippen LogP contribution in [0.1, 0.15) is 110 Å². The Morgan fingerprint density at radius 3 is 1.83 bits per heavy atom. The lowest BCUT2D eigenvalue weighted by Crippen LogP contribution is -2.45. The Bertz CT molecular complexity index is 445. The number of esters is 1. The number of ether oxygens (including phenoxy) is 1. The van der Waals surface area contributed by atoms with Gasteiger partial charge in [-0.05, 0) is 12.3 Å². The van der Waals surface area contributed by atoms with Gasteiger partial charge in [0.25, 0.3) is 0 Å². The van der Waals surface area contributed by atoms with Crippen molar-refractivity contribution in [1.82, 2.24) is 0 Å². The third-order valence-electron chi connectivity index (χ3n) is 5.57. The molecule has 0 bridgehead atoms. The minimum atomic E-state index is -1.17. The molecular formula is C25H49NO4. The lowest BCUT2D eigenvalue weighted by molar-refractivity contribution is -0.873. The van der Waals surface area contributed by atoms with Crippen molar-refractivity contribution in [1.29, 1.82) is 0 Å². The molecule has 30 heavy (non-hydrogen) atoms. The third-order valence-corrected chi connectivity index (χ3v) is 5.57. The minimum Gasteiger partial charge on any atom is -0.550 e. The number of hydrogen-bond acceptors (Lipinski definition) is 4. The van der Waals surface area contributed by atoms with Crippen LogP contribution < -0.4 is 5.11 Å². The van der Waals surface area contributed by atoms with Crippen molar-refractivity contribution >= 4 is 11.9 Å². The van der Waals surface area contributed by atoms with E-state index >= 15 is 0 Å². The van der Waals surface area contributed by atoms with Gasteiger partial charge in [-0.15, -0.1) is 0 Å². The molecule has 178 valence electrons. The van der Waals surface area contributed by atoms with Gasteiger partial charge >= 0.3 is 5.97 Å². The smallest absolute Gasteiger partial charge is 0.306 e. The number of rotatable bonds is 20. The first-order chi connectivity index (χ1) is 14.1. The number of likely N-dealkylation sites (N-methyl/N-ethyl adjacent to an activating group) is 1. The average molecular weight is 428 g/mol. The molecule has 0 aromatic carbocycles. The zero-order chi connectivity index (χ0) is 22.8. The summed E-state index contributed by atoms with van der Waals surface area (Å²) < 4.78 is 5.93. The normalized spacial score (nSPS) is 13.8. The van der Waals surface area contributed by atoms with Gasteiger partial charge in [0.1, 0.15) is 6.54 Å². The van der Waals surface area contributed by atoms with E-state index in [-0.39, 0.29) is 12.4 Å². The van der Waals surface area contributed by atoms with Crippen LogP contribution in [0.2, 0.25) is 0 Å². The molecular weight excluding hydrogens is 378 g/mol. The Morgan fingerprint density at radius 1 is 0.833 bits per heavy atom. The Hall–Kier alpha value is -1.10. The number of carbonyl (C=O) groups is 2. The Kier molecular flexibility index (Phi) is 16.9. The zero-order valence-corrected chi connectivity index (χ0v) is 20.5. The standard InChI is InChI=1S/C25H49NO4/c1-6-7-8-11-14-17-22(2)18-15-12-9-10-13-16-19-25(29)30-23(20-24(27)28)21-26(3,4)5/h22-23H,6-21H2,1-5H3. The number of hydrogen-bond donors (Lipinski definition) is 0. The molecule has 0 aromatic rings. The molecule has 0 rings (SSSR count). The number of nitrogens with zero attached hydrogens (tertiary/aromatic N) is 1. The fourth-order valence-corrected chi connectivity index (χ4v) is 3.90. The highest BCUT2D eigenvalue weighted by molar-refractivity contribution is 5.70. The molecule has 0 radical (unpaired) electrons. The first kappa shape index (κ1) is 28.9. The van der Waals surface area contributed by atoms with Crippen molar-refractivity contribution in [2.75, 3.05) is 27.7 Å². The van der Waals surface area contributed by atoms with Gasteiger partial charge in [0.05, 0.1) is 21.1 Å². The van der Waals surface area contributed by atoms with E-state index in [9.17, 15) is 14.7 Å². The lowest BCUT2D eigenvalue weighted by Gasteiger charge is -2.29. The number of quaternary nitrogens is 1. The van der Waals surface area contributed by atoms with Crippen molar-refractivity contribution in [2.45, 2.75) is 116 Å². The monoisotopic (exact) mass is 427 g/mol. The van der Waals surface area contributed by atoms with Crippen LogP contribution in [-0.4, -0.2) is 50.2 Å². The highest BCUT2D eigenvalue weighted by Crippen LogP contribution is 2.18. The van der Waals surface area contributed by atoms with Crippen LogP contribution in [-0.2, 0) is 14.3 Å². The fraction of sp³-hybridized carbons (Fsp3) is 0.920. The summed E-state index contributed by atoms with van der Waals surface area (Å²) in [5.74, 6) is -0.614. The maximum absolute atomic E-state index is 12.0. The van der Waals surface area contributed by atoms with Gasteiger partial charge in [0, 0.05) is 18.8 Å². The quantitative estimate of drug-likeness (QED) is 0.158. The zero-order valence-electron chi connectivity index (χ0n) is 20.5. The van der Waals surface area contributed by atoms with Crippen molar-refractivity contribution in [3.05, 3.63) is 0 Å². The SMILES string of the molecule is CCCCCCCC(C)CCCCCCCCC(=O)OC(CC(=O)[O-])C[N+](C)(C)C. The van der Waals surface area contributed by atoms with E-state index in [2.05, 4.69) is 13.8 Å². The Balaban J connectivity index is 3.70. The van der Waals surface area contributed by atoms with Gasteiger partial charge in [0.15, 0.2) is 6.10 Å². The molecule has 0 saturated carbocycles. The summed E-state index contributed by atoms with van der Waals surface area (Å²) in [6.07, 6.45) is 15.9. The first-order valence-corrected chi connectivity index (χ1v) is 12.3. The molecule has 5 nitrogen and oxygen atoms in total. The van der Waals surface area contributed by atoms with E-state index in [1.807, 2.05) is 21.1 Å². The van der Waals surface area contributed by atoms with E-state index in [1.54, 1.807) is 0 Å². The molecule has 0 aliphatic heterocycles. The predicted molar refractivity (Wildman–Crippen MR) is 122 cm³/mol. The summed E-state index contributed by atoms with van der Waals surface area (Å²) in [5, 5.41) is 10.9. The number of carboxylic acids is 1. The molecule has 2 atom stereocenters. The summed E-state index contributed by atoms with van der Waals surface area (Å²) in [6.45, 7) is 5.12. The van der Waals surface area contributed by atoms with Gasteiger partial charge in [-0.3, -0.25) is 4.79 Å². The van der Waals surface area contributed by atoms with Crippen LogP contribution in [0.5, 0.6) is 0 Å². The second-order valence-electron chi connectivity index (χ2n) is 10.1. The summed E-state index contributed by atoms with van der Waals surface area (Å²) in [5.41, 5.74) is 0. The maximum atomic E-state index is 12.0. The van der Waals surface area contributed by atoms with Crippen LogP contribution in [0.15, 0.2) is 0 Å². The summed E-state index contributed by atoms with van der Waals surface area (Å²) >= 11 is 0. The predicted octanol–water partition coefficient (Wildman–Crippen LogP) is 4.86. The maximum Gasteiger partial charge on any atom is 0.306 e. The number of carbonyl (C=O) groups excluding carboxylic acids is 2. The fourth-order valence-electron chi connectivity index (χ4n) is 3.90. The minimum absolute atomic E-state index is 0.238. The van der Waals surface area contributed by atoms with Crippen LogP contribution in [0.25, 0.3) is 0 Å². The molecule has 0 N–H and O–H groups in total. The second kappa shape index (κ2) is 17.6. The summed E-state index contributed by atoms with van der Waals surface area (Å²) in [4.78, 5) is 22.9. The molecule has 0 aromatic heterocycles. The topological polar surface area (TPSA) is 66.4 Å². The largest absolute Gasteiger partial charge is 0.550 e. The van der Waals surface area contributed by atoms with Crippen molar-refractivity contribution in [3.63, 3.8) is 0 Å². The van der Waals surface area contributed by atoms with Crippen molar-refractivity contribution in [3.8, 4) is 0 Å². The van der Waals surface area contributed by atoms with Crippen molar-refractivity contribution in [2.24, 2.45) is 5.92 Å². The van der Waals surface area contributed by atoms with Crippen molar-refractivity contribution < 1.29 is 23.9 Å². The average Bonchev–Trinajstić information content (AvgIpc) is 2.61. The lowest BCUT2D eigenvalue weighted by atomic mass is 9.96. The summed E-state index contributed by atoms with van der Waals surface area (Å²) in [6, 6.07) is 0. The van der Waals surface area contributed by atoms with E-state index in [0.29, 0.717) is 17.4 Å². The third kappa shape index (κ3) is 20.2.